The number of aliphatic imine (C=N–C) groups is 1. The number of guanidine groups is 1. The van der Waals surface area contributed by atoms with Crippen LogP contribution in [0.4, 0.5) is 5.69 Å². The summed E-state index contributed by atoms with van der Waals surface area (Å²) in [5.41, 5.74) is 3.75. The zero-order valence-electron chi connectivity index (χ0n) is 16.8. The molecule has 0 saturated heterocycles. The first-order valence-corrected chi connectivity index (χ1v) is 9.75. The zero-order chi connectivity index (χ0) is 20.6. The molecule has 0 aromatic heterocycles. The third-order valence-electron chi connectivity index (χ3n) is 4.97. The Hall–Kier alpha value is -3.35. The van der Waals surface area contributed by atoms with Crippen molar-refractivity contribution in [3.63, 3.8) is 0 Å². The Kier molecular flexibility index (Phi) is 6.84. The SMILES string of the molecule is CN=C(NCCc1cccc(C(=O)NC)c1)NCC1CC(=O)Nc2ccccc21. The van der Waals surface area contributed by atoms with Crippen molar-refractivity contribution in [3.05, 3.63) is 65.2 Å². The molecule has 7 nitrogen and oxygen atoms in total. The van der Waals surface area contributed by atoms with Gasteiger partial charge in [0.05, 0.1) is 0 Å². The van der Waals surface area contributed by atoms with Gasteiger partial charge in [-0.25, -0.2) is 0 Å². The standard InChI is InChI=1S/C22H27N5O2/c1-23-21(29)16-7-5-6-15(12-16)10-11-25-22(24-2)26-14-17-13-20(28)27-19-9-4-3-8-18(17)19/h3-9,12,17H,10-11,13-14H2,1-2H3,(H,23,29)(H,27,28)(H2,24,25,26). The Morgan fingerprint density at radius 2 is 2.00 bits per heavy atom. The molecule has 2 aromatic rings. The smallest absolute Gasteiger partial charge is 0.251 e. The van der Waals surface area contributed by atoms with E-state index in [0.29, 0.717) is 31.0 Å². The van der Waals surface area contributed by atoms with Gasteiger partial charge >= 0.3 is 0 Å². The first-order valence-electron chi connectivity index (χ1n) is 9.75. The highest BCUT2D eigenvalue weighted by molar-refractivity contribution is 5.95. The van der Waals surface area contributed by atoms with E-state index in [1.54, 1.807) is 20.2 Å². The molecule has 1 unspecified atom stereocenters. The van der Waals surface area contributed by atoms with Gasteiger partial charge in [0.15, 0.2) is 5.96 Å². The number of rotatable bonds is 6. The van der Waals surface area contributed by atoms with Gasteiger partial charge in [0.25, 0.3) is 5.91 Å². The monoisotopic (exact) mass is 393 g/mol. The van der Waals surface area contributed by atoms with Crippen LogP contribution in [0, 0.1) is 0 Å². The summed E-state index contributed by atoms with van der Waals surface area (Å²) in [6.07, 6.45) is 1.22. The average Bonchev–Trinajstić information content (AvgIpc) is 2.75. The van der Waals surface area contributed by atoms with Crippen molar-refractivity contribution in [1.29, 1.82) is 0 Å². The predicted octanol–water partition coefficient (Wildman–Crippen LogP) is 1.88. The summed E-state index contributed by atoms with van der Waals surface area (Å²) >= 11 is 0. The number of fused-ring (bicyclic) bond motifs is 1. The number of carbonyl (C=O) groups is 2. The molecule has 2 amide bonds. The molecule has 0 saturated carbocycles. The Morgan fingerprint density at radius 3 is 2.79 bits per heavy atom. The van der Waals surface area contributed by atoms with Crippen LogP contribution in [0.25, 0.3) is 0 Å². The van der Waals surface area contributed by atoms with Gasteiger partial charge in [-0.15, -0.1) is 0 Å². The molecule has 4 N–H and O–H groups in total. The fraction of sp³-hybridized carbons (Fsp3) is 0.318. The van der Waals surface area contributed by atoms with E-state index in [-0.39, 0.29) is 17.7 Å². The van der Waals surface area contributed by atoms with Crippen LogP contribution in [0.3, 0.4) is 0 Å². The maximum atomic E-state index is 12.0. The van der Waals surface area contributed by atoms with Crippen LogP contribution in [0.2, 0.25) is 0 Å². The van der Waals surface area contributed by atoms with Crippen LogP contribution in [-0.2, 0) is 11.2 Å². The van der Waals surface area contributed by atoms with E-state index in [1.165, 1.54) is 0 Å². The minimum absolute atomic E-state index is 0.0365. The second kappa shape index (κ2) is 9.73. The highest BCUT2D eigenvalue weighted by Crippen LogP contribution is 2.31. The Labute approximate surface area is 171 Å². The van der Waals surface area contributed by atoms with Gasteiger partial charge in [-0.1, -0.05) is 30.3 Å². The van der Waals surface area contributed by atoms with Crippen molar-refractivity contribution in [2.24, 2.45) is 4.99 Å². The summed E-state index contributed by atoms with van der Waals surface area (Å²) < 4.78 is 0. The highest BCUT2D eigenvalue weighted by atomic mass is 16.2. The number of nitrogens with one attached hydrogen (secondary N) is 4. The van der Waals surface area contributed by atoms with Crippen molar-refractivity contribution in [1.82, 2.24) is 16.0 Å². The van der Waals surface area contributed by atoms with Crippen LogP contribution < -0.4 is 21.3 Å². The second-order valence-electron chi connectivity index (χ2n) is 6.95. The van der Waals surface area contributed by atoms with Crippen LogP contribution in [-0.4, -0.2) is 45.0 Å². The predicted molar refractivity (Wildman–Crippen MR) is 115 cm³/mol. The van der Waals surface area contributed by atoms with E-state index in [1.807, 2.05) is 36.4 Å². The van der Waals surface area contributed by atoms with Gasteiger partial charge in [0, 0.05) is 50.8 Å². The molecule has 1 aliphatic rings. The molecular weight excluding hydrogens is 366 g/mol. The van der Waals surface area contributed by atoms with Gasteiger partial charge in [-0.2, -0.15) is 0 Å². The lowest BCUT2D eigenvalue weighted by Crippen LogP contribution is -2.41. The first kappa shape index (κ1) is 20.4. The third kappa shape index (κ3) is 5.34. The number of amides is 2. The molecule has 1 heterocycles. The molecular formula is C22H27N5O2. The van der Waals surface area contributed by atoms with Crippen molar-refractivity contribution >= 4 is 23.5 Å². The lowest BCUT2D eigenvalue weighted by molar-refractivity contribution is -0.116. The van der Waals surface area contributed by atoms with Gasteiger partial charge in [0.2, 0.25) is 5.91 Å². The largest absolute Gasteiger partial charge is 0.356 e. The summed E-state index contributed by atoms with van der Waals surface area (Å²) in [5.74, 6) is 0.738. The van der Waals surface area contributed by atoms with Crippen LogP contribution >= 0.6 is 0 Å². The number of hydrogen-bond acceptors (Lipinski definition) is 3. The van der Waals surface area contributed by atoms with Crippen molar-refractivity contribution < 1.29 is 9.59 Å². The van der Waals surface area contributed by atoms with Gasteiger partial charge < -0.3 is 21.3 Å². The molecule has 1 aliphatic heterocycles. The maximum absolute atomic E-state index is 12.0. The third-order valence-corrected chi connectivity index (χ3v) is 4.97. The molecule has 3 rings (SSSR count). The lowest BCUT2D eigenvalue weighted by atomic mass is 9.90. The van der Waals surface area contributed by atoms with E-state index in [9.17, 15) is 9.59 Å². The second-order valence-corrected chi connectivity index (χ2v) is 6.95. The maximum Gasteiger partial charge on any atom is 0.251 e. The topological polar surface area (TPSA) is 94.6 Å². The van der Waals surface area contributed by atoms with Crippen molar-refractivity contribution in [3.8, 4) is 0 Å². The van der Waals surface area contributed by atoms with Gasteiger partial charge in [0.1, 0.15) is 0 Å². The van der Waals surface area contributed by atoms with E-state index in [0.717, 1.165) is 23.2 Å². The van der Waals surface area contributed by atoms with Gasteiger partial charge in [-0.3, -0.25) is 14.6 Å². The molecule has 29 heavy (non-hydrogen) atoms. The number of hydrogen-bond donors (Lipinski definition) is 4. The Bertz CT molecular complexity index is 910. The lowest BCUT2D eigenvalue weighted by Gasteiger charge is -2.26. The zero-order valence-corrected chi connectivity index (χ0v) is 16.8. The highest BCUT2D eigenvalue weighted by Gasteiger charge is 2.24. The number of para-hydroxylation sites is 1. The number of carbonyl (C=O) groups excluding carboxylic acids is 2. The number of benzene rings is 2. The van der Waals surface area contributed by atoms with Crippen LogP contribution in [0.1, 0.15) is 33.8 Å². The van der Waals surface area contributed by atoms with Crippen LogP contribution in [0.15, 0.2) is 53.5 Å². The molecule has 152 valence electrons. The summed E-state index contributed by atoms with van der Waals surface area (Å²) in [6.45, 7) is 1.30. The molecule has 0 spiro atoms. The quantitative estimate of drug-likeness (QED) is 0.445. The normalized spacial score (nSPS) is 15.9. The van der Waals surface area contributed by atoms with E-state index >= 15 is 0 Å². The summed E-state index contributed by atoms with van der Waals surface area (Å²) in [5, 5.41) is 12.2. The summed E-state index contributed by atoms with van der Waals surface area (Å²) in [6, 6.07) is 15.5. The number of nitrogens with zero attached hydrogens (tertiary/aromatic N) is 1. The number of anilines is 1. The van der Waals surface area contributed by atoms with E-state index in [2.05, 4.69) is 32.3 Å². The molecule has 0 aliphatic carbocycles. The summed E-state index contributed by atoms with van der Waals surface area (Å²) in [7, 11) is 3.35. The minimum Gasteiger partial charge on any atom is -0.356 e. The molecule has 0 radical (unpaired) electrons. The van der Waals surface area contributed by atoms with E-state index in [4.69, 9.17) is 0 Å². The Morgan fingerprint density at radius 1 is 1.17 bits per heavy atom. The van der Waals surface area contributed by atoms with Crippen LogP contribution in [0.5, 0.6) is 0 Å². The van der Waals surface area contributed by atoms with Crippen molar-refractivity contribution in [2.45, 2.75) is 18.8 Å². The average molecular weight is 393 g/mol. The van der Waals surface area contributed by atoms with Gasteiger partial charge in [-0.05, 0) is 35.7 Å². The molecule has 2 aromatic carbocycles. The fourth-order valence-electron chi connectivity index (χ4n) is 3.46. The van der Waals surface area contributed by atoms with E-state index < -0.39 is 0 Å². The molecule has 0 fully saturated rings. The first-order chi connectivity index (χ1) is 14.1. The molecule has 0 bridgehead atoms. The fourth-order valence-corrected chi connectivity index (χ4v) is 3.46. The Balaban J connectivity index is 1.52. The summed E-state index contributed by atoms with van der Waals surface area (Å²) in [4.78, 5) is 28.0. The molecule has 7 heteroatoms. The molecule has 1 atom stereocenters. The minimum atomic E-state index is -0.0888. The van der Waals surface area contributed by atoms with Crippen molar-refractivity contribution in [2.75, 3.05) is 32.5 Å².